The van der Waals surface area contributed by atoms with Gasteiger partial charge in [-0.05, 0) is 6.92 Å². The lowest BCUT2D eigenvalue weighted by molar-refractivity contribution is 0.329. The largest absolute Gasteiger partial charge is 0.594 e. The van der Waals surface area contributed by atoms with Crippen LogP contribution < -0.4 is 0 Å². The van der Waals surface area contributed by atoms with Gasteiger partial charge >= 0.3 is 9.65 Å². The molecule has 0 aromatic carbocycles. The van der Waals surface area contributed by atoms with Crippen LogP contribution in [0.1, 0.15) is 6.92 Å². The van der Waals surface area contributed by atoms with Gasteiger partial charge in [0.25, 0.3) is 0 Å². The Morgan fingerprint density at radius 1 is 2.00 bits per heavy atom. The van der Waals surface area contributed by atoms with E-state index in [-0.39, 0.29) is 0 Å². The molecule has 0 saturated carbocycles. The molecule has 0 aliphatic heterocycles. The van der Waals surface area contributed by atoms with Gasteiger partial charge in [0.05, 0.1) is 6.61 Å². The fourth-order valence-electron chi connectivity index (χ4n) is 0.0589. The normalized spacial score (nSPS) is 6.60. The summed E-state index contributed by atoms with van der Waals surface area (Å²) in [5.74, 6) is 0. The van der Waals surface area contributed by atoms with Crippen molar-refractivity contribution in [3.05, 3.63) is 0 Å². The highest BCUT2D eigenvalue weighted by atomic mass is 28.2. The van der Waals surface area contributed by atoms with Gasteiger partial charge in [0.15, 0.2) is 0 Å². The van der Waals surface area contributed by atoms with E-state index in [0.29, 0.717) is 6.61 Å². The van der Waals surface area contributed by atoms with Crippen molar-refractivity contribution in [2.24, 2.45) is 0 Å². The average molecular weight is 89.1 g/mol. The van der Waals surface area contributed by atoms with E-state index in [2.05, 4.69) is 4.43 Å². The van der Waals surface area contributed by atoms with E-state index in [4.69, 9.17) is 0 Å². The Bertz CT molecular complexity index is 28.8. The summed E-state index contributed by atoms with van der Waals surface area (Å²) in [7, 11) is -0.592. The van der Waals surface area contributed by atoms with Crippen LogP contribution in [-0.2, 0) is 8.89 Å². The van der Waals surface area contributed by atoms with Crippen molar-refractivity contribution in [1.82, 2.24) is 0 Å². The minimum atomic E-state index is -0.592. The molecule has 0 saturated heterocycles. The van der Waals surface area contributed by atoms with Crippen LogP contribution in [0.5, 0.6) is 0 Å². The summed E-state index contributed by atoms with van der Waals surface area (Å²) < 4.78 is 13.6. The van der Waals surface area contributed by atoms with Crippen LogP contribution in [0.25, 0.3) is 0 Å². The molecule has 1 radical (unpaired) electrons. The quantitative estimate of drug-likeness (QED) is 0.445. The van der Waals surface area contributed by atoms with Gasteiger partial charge in [0.2, 0.25) is 0 Å². The fourth-order valence-corrected chi connectivity index (χ4v) is 0.177. The van der Waals surface area contributed by atoms with Crippen molar-refractivity contribution in [1.29, 1.82) is 0 Å². The predicted octanol–water partition coefficient (Wildman–Crippen LogP) is -0.0124. The second-order valence-corrected chi connectivity index (χ2v) is 0.972. The average Bonchev–Trinajstić information content (AvgIpc) is 1.41. The highest BCUT2D eigenvalue weighted by Crippen LogP contribution is 1.54. The van der Waals surface area contributed by atoms with E-state index < -0.39 is 9.65 Å². The lowest BCUT2D eigenvalue weighted by Crippen LogP contribution is -1.83. The van der Waals surface area contributed by atoms with Gasteiger partial charge in [-0.25, -0.2) is 0 Å². The maximum atomic E-state index is 9.34. The summed E-state index contributed by atoms with van der Waals surface area (Å²) in [5.41, 5.74) is 0. The standard InChI is InChI=1S/C2H5O2Si/c1-2-4-5-3/h2H2,1H3. The van der Waals surface area contributed by atoms with Gasteiger partial charge in [0.1, 0.15) is 0 Å². The van der Waals surface area contributed by atoms with Gasteiger partial charge < -0.3 is 8.89 Å². The molecule has 0 heterocycles. The van der Waals surface area contributed by atoms with Crippen LogP contribution in [0.2, 0.25) is 0 Å². The van der Waals surface area contributed by atoms with Crippen LogP contribution in [0, 0.1) is 0 Å². The molecule has 0 spiro atoms. The maximum Gasteiger partial charge on any atom is 0.594 e. The van der Waals surface area contributed by atoms with Crippen molar-refractivity contribution in [2.45, 2.75) is 6.92 Å². The summed E-state index contributed by atoms with van der Waals surface area (Å²) >= 11 is 0. The topological polar surface area (TPSA) is 26.3 Å². The van der Waals surface area contributed by atoms with E-state index in [0.717, 1.165) is 0 Å². The van der Waals surface area contributed by atoms with Crippen LogP contribution >= 0.6 is 0 Å². The van der Waals surface area contributed by atoms with E-state index in [9.17, 15) is 4.46 Å². The molecule has 0 unspecified atom stereocenters. The Morgan fingerprint density at radius 2 is 2.60 bits per heavy atom. The zero-order valence-electron chi connectivity index (χ0n) is 3.02. The first-order valence-corrected chi connectivity index (χ1v) is 2.22. The van der Waals surface area contributed by atoms with E-state index in [1.165, 1.54) is 0 Å². The Kier molecular flexibility index (Phi) is 3.68. The van der Waals surface area contributed by atoms with Gasteiger partial charge in [-0.3, -0.25) is 0 Å². The van der Waals surface area contributed by atoms with Crippen molar-refractivity contribution in [3.8, 4) is 0 Å². The zero-order chi connectivity index (χ0) is 4.12. The van der Waals surface area contributed by atoms with E-state index in [1.807, 2.05) is 0 Å². The monoisotopic (exact) mass is 89.0 g/mol. The summed E-state index contributed by atoms with van der Waals surface area (Å²) in [5, 5.41) is 0. The van der Waals surface area contributed by atoms with Crippen LogP contribution in [0.15, 0.2) is 0 Å². The Hall–Kier alpha value is -0.183. The molecule has 0 aromatic heterocycles. The molecule has 29 valence electrons. The van der Waals surface area contributed by atoms with Crippen molar-refractivity contribution in [2.75, 3.05) is 6.61 Å². The SMILES string of the molecule is CCO[Si]=O. The Balaban J connectivity index is 2.40. The minimum absolute atomic E-state index is 0.544. The Labute approximate surface area is 33.1 Å². The van der Waals surface area contributed by atoms with Crippen molar-refractivity contribution < 1.29 is 8.89 Å². The number of rotatable bonds is 2. The third-order valence-electron chi connectivity index (χ3n) is 0.203. The summed E-state index contributed by atoms with van der Waals surface area (Å²) in [6.45, 7) is 2.34. The third-order valence-corrected chi connectivity index (χ3v) is 0.610. The summed E-state index contributed by atoms with van der Waals surface area (Å²) in [4.78, 5) is 0. The van der Waals surface area contributed by atoms with Crippen molar-refractivity contribution in [3.63, 3.8) is 0 Å². The fraction of sp³-hybridized carbons (Fsp3) is 1.00. The summed E-state index contributed by atoms with van der Waals surface area (Å²) in [6.07, 6.45) is 0. The molecule has 0 aromatic rings. The first kappa shape index (κ1) is 4.82. The van der Waals surface area contributed by atoms with E-state index >= 15 is 0 Å². The molecule has 5 heavy (non-hydrogen) atoms. The first-order valence-electron chi connectivity index (χ1n) is 1.40. The molecule has 0 amide bonds. The van der Waals surface area contributed by atoms with Gasteiger partial charge in [-0.15, -0.1) is 0 Å². The lowest BCUT2D eigenvalue weighted by atomic mass is 10.9. The third kappa shape index (κ3) is 3.82. The molecule has 0 fully saturated rings. The molecule has 0 bridgehead atoms. The molecule has 0 aliphatic rings. The predicted molar refractivity (Wildman–Crippen MR) is 18.1 cm³/mol. The molecule has 3 heteroatoms. The molecule has 0 rings (SSSR count). The van der Waals surface area contributed by atoms with Crippen molar-refractivity contribution >= 4 is 9.65 Å². The number of hydrogen-bond acceptors (Lipinski definition) is 2. The van der Waals surface area contributed by atoms with Gasteiger partial charge in [-0.1, -0.05) is 0 Å². The highest BCUT2D eigenvalue weighted by molar-refractivity contribution is 6.06. The summed E-state index contributed by atoms with van der Waals surface area (Å²) in [6, 6.07) is 0. The smallest absolute Gasteiger partial charge is 0.521 e. The molecular weight excluding hydrogens is 84.1 g/mol. The maximum absolute atomic E-state index is 9.34. The lowest BCUT2D eigenvalue weighted by Gasteiger charge is -1.79. The van der Waals surface area contributed by atoms with Crippen LogP contribution in [-0.4, -0.2) is 16.3 Å². The number of hydrogen-bond donors (Lipinski definition) is 0. The highest BCUT2D eigenvalue weighted by Gasteiger charge is 1.67. The van der Waals surface area contributed by atoms with Gasteiger partial charge in [0, 0.05) is 0 Å². The minimum Gasteiger partial charge on any atom is -0.521 e. The van der Waals surface area contributed by atoms with E-state index in [1.54, 1.807) is 6.92 Å². The van der Waals surface area contributed by atoms with Gasteiger partial charge in [-0.2, -0.15) is 0 Å². The second-order valence-electron chi connectivity index (χ2n) is 0.516. The second kappa shape index (κ2) is 3.82. The first-order chi connectivity index (χ1) is 2.41. The van der Waals surface area contributed by atoms with Crippen LogP contribution in [0.3, 0.4) is 0 Å². The molecule has 0 atom stereocenters. The van der Waals surface area contributed by atoms with Crippen LogP contribution in [0.4, 0.5) is 0 Å². The molecule has 0 aliphatic carbocycles. The zero-order valence-corrected chi connectivity index (χ0v) is 4.02. The molecule has 0 N–H and O–H groups in total. The Morgan fingerprint density at radius 3 is 2.60 bits per heavy atom. The molecule has 2 nitrogen and oxygen atoms in total. The molecular formula is C2H5O2Si.